The Morgan fingerprint density at radius 1 is 1.07 bits per heavy atom. The van der Waals surface area contributed by atoms with Crippen molar-refractivity contribution in [3.05, 3.63) is 47.0 Å². The van der Waals surface area contributed by atoms with E-state index < -0.39 is 40.6 Å². The third kappa shape index (κ3) is 8.82. The van der Waals surface area contributed by atoms with Crippen molar-refractivity contribution >= 4 is 34.5 Å². The number of aryl methyl sites for hydroxylation is 1. The summed E-state index contributed by atoms with van der Waals surface area (Å²) >= 11 is 0. The van der Waals surface area contributed by atoms with Crippen molar-refractivity contribution < 1.29 is 40.5 Å². The van der Waals surface area contributed by atoms with Gasteiger partial charge in [-0.15, -0.1) is 0 Å². The number of fused-ring (bicyclic) bond motifs is 2. The Morgan fingerprint density at radius 2 is 1.81 bits per heavy atom. The van der Waals surface area contributed by atoms with Crippen LogP contribution in [-0.4, -0.2) is 98.3 Å². The molecule has 4 aromatic heterocycles. The normalized spacial score (nSPS) is 19.8. The SMILES string of the molecule is COc1nc(N(C)F)c2cnc(-c3nc(N)cc(C)c3C(F)(F)F)c(F)c2n1.FC1CC2CCCN2C1.O=C(/C=C/c1nc(C2CC2)no1)N1CCCC1. The zero-order valence-electron chi connectivity index (χ0n) is 29.9. The molecule has 290 valence electrons. The summed E-state index contributed by atoms with van der Waals surface area (Å²) in [5, 5.41) is 3.81. The van der Waals surface area contributed by atoms with Gasteiger partial charge >= 0.3 is 12.2 Å². The van der Waals surface area contributed by atoms with Crippen LogP contribution < -0.4 is 15.6 Å². The van der Waals surface area contributed by atoms with Crippen LogP contribution in [0.15, 0.2) is 22.9 Å². The number of pyridine rings is 2. The largest absolute Gasteiger partial charge is 0.467 e. The number of likely N-dealkylation sites (tertiary alicyclic amines) is 1. The second kappa shape index (κ2) is 16.1. The topological polar surface area (TPSA) is 153 Å². The Kier molecular flexibility index (Phi) is 11.5. The molecule has 7 heterocycles. The molecule has 1 aliphatic carbocycles. The van der Waals surface area contributed by atoms with Gasteiger partial charge in [0.25, 0.3) is 5.89 Å². The van der Waals surface area contributed by atoms with Gasteiger partial charge in [0.05, 0.1) is 18.1 Å². The molecule has 0 radical (unpaired) electrons. The van der Waals surface area contributed by atoms with Crippen LogP contribution in [0.25, 0.3) is 28.4 Å². The van der Waals surface area contributed by atoms with Gasteiger partial charge in [0.15, 0.2) is 17.5 Å². The number of hydrogen-bond acceptors (Lipinski definition) is 12. The van der Waals surface area contributed by atoms with Crippen molar-refractivity contribution in [2.45, 2.75) is 76.2 Å². The van der Waals surface area contributed by atoms with Gasteiger partial charge < -0.3 is 19.9 Å². The Hall–Kier alpha value is -5.07. The molecule has 4 fully saturated rings. The lowest BCUT2D eigenvalue weighted by molar-refractivity contribution is -0.137. The molecule has 3 aliphatic heterocycles. The fraction of sp³-hybridized carbons (Fsp3) is 0.514. The minimum atomic E-state index is -4.84. The van der Waals surface area contributed by atoms with Crippen LogP contribution in [0, 0.1) is 12.7 Å². The van der Waals surface area contributed by atoms with Gasteiger partial charge in [0.1, 0.15) is 28.9 Å². The second-order valence-corrected chi connectivity index (χ2v) is 13.5. The molecule has 0 bridgehead atoms. The van der Waals surface area contributed by atoms with Crippen LogP contribution in [0.4, 0.5) is 38.1 Å². The average molecular weight is 763 g/mol. The maximum atomic E-state index is 15.1. The number of nitrogens with zero attached hydrogens (tertiary/aromatic N) is 9. The summed E-state index contributed by atoms with van der Waals surface area (Å²) in [6.45, 7) is 4.75. The summed E-state index contributed by atoms with van der Waals surface area (Å²) in [4.78, 5) is 35.0. The molecule has 2 N–H and O–H groups in total. The fourth-order valence-corrected chi connectivity index (χ4v) is 6.77. The summed E-state index contributed by atoms with van der Waals surface area (Å²) in [5.74, 6) is -0.135. The zero-order chi connectivity index (χ0) is 38.7. The van der Waals surface area contributed by atoms with Gasteiger partial charge in [-0.3, -0.25) is 14.7 Å². The van der Waals surface area contributed by atoms with Crippen molar-refractivity contribution in [1.29, 1.82) is 0 Å². The number of anilines is 2. The van der Waals surface area contributed by atoms with Crippen molar-refractivity contribution in [2.24, 2.45) is 0 Å². The maximum absolute atomic E-state index is 15.1. The van der Waals surface area contributed by atoms with E-state index in [1.165, 1.54) is 33.0 Å². The highest BCUT2D eigenvalue weighted by atomic mass is 19.4. The molecule has 54 heavy (non-hydrogen) atoms. The first kappa shape index (κ1) is 38.6. The number of amides is 1. The number of hydrogen-bond donors (Lipinski definition) is 1. The molecule has 8 rings (SSSR count). The molecule has 0 spiro atoms. The second-order valence-electron chi connectivity index (χ2n) is 13.5. The average Bonchev–Trinajstić information content (AvgIpc) is 3.49. The van der Waals surface area contributed by atoms with E-state index in [4.69, 9.17) is 15.0 Å². The van der Waals surface area contributed by atoms with E-state index in [-0.39, 0.29) is 39.6 Å². The molecule has 13 nitrogen and oxygen atoms in total. The summed E-state index contributed by atoms with van der Waals surface area (Å²) < 4.78 is 91.9. The Balaban J connectivity index is 0.000000159. The van der Waals surface area contributed by atoms with Crippen molar-refractivity contribution in [1.82, 2.24) is 39.9 Å². The smallest absolute Gasteiger partial charge is 0.418 e. The fourth-order valence-electron chi connectivity index (χ4n) is 6.77. The van der Waals surface area contributed by atoms with Crippen molar-refractivity contribution in [2.75, 3.05) is 51.2 Å². The quantitative estimate of drug-likeness (QED) is 0.135. The molecule has 1 saturated carbocycles. The predicted octanol–water partition coefficient (Wildman–Crippen LogP) is 6.24. The van der Waals surface area contributed by atoms with Gasteiger partial charge in [-0.2, -0.15) is 33.2 Å². The molecule has 4 aliphatic rings. The van der Waals surface area contributed by atoms with E-state index in [2.05, 4.69) is 35.0 Å². The molecule has 4 aromatic rings. The summed E-state index contributed by atoms with van der Waals surface area (Å²) in [6, 6.07) is 1.25. The van der Waals surface area contributed by atoms with Gasteiger partial charge in [-0.1, -0.05) is 9.64 Å². The predicted molar refractivity (Wildman–Crippen MR) is 186 cm³/mol. The van der Waals surface area contributed by atoms with Gasteiger partial charge in [0, 0.05) is 57.0 Å². The molecule has 0 aromatic carbocycles. The first-order valence-electron chi connectivity index (χ1n) is 17.6. The molecule has 1 amide bonds. The monoisotopic (exact) mass is 762 g/mol. The number of nitrogens with two attached hydrogens (primary N) is 1. The van der Waals surface area contributed by atoms with E-state index >= 15 is 4.39 Å². The molecular weight excluding hydrogens is 722 g/mol. The third-order valence-corrected chi connectivity index (χ3v) is 9.51. The van der Waals surface area contributed by atoms with Gasteiger partial charge in [0.2, 0.25) is 5.91 Å². The zero-order valence-corrected chi connectivity index (χ0v) is 29.9. The standard InChI is InChI=1S/C16H13F5N6O.C12H15N3O2.C7H12FN/c1-6-4-8(22)24-12(9(6)16(18,19)20)13-10(17)11-7(5-23-13)14(27(2)21)26-15(25-11)28-3;16-11(15-7-1-2-8-15)6-5-10-13-12(14-17-10)9-3-4-9;8-6-4-7-2-1-3-9(7)5-6/h4-5H,1-3H3,(H2,22,24);5-6,9H,1-4,7-8H2;6-7H,1-5H2/b;6-5+;. The highest BCUT2D eigenvalue weighted by Gasteiger charge is 2.38. The third-order valence-electron chi connectivity index (χ3n) is 9.51. The highest BCUT2D eigenvalue weighted by Crippen LogP contribution is 2.41. The number of nitrogen functional groups attached to an aromatic ring is 1. The van der Waals surface area contributed by atoms with E-state index in [0.29, 0.717) is 24.4 Å². The van der Waals surface area contributed by atoms with Gasteiger partial charge in [-0.05, 0) is 70.0 Å². The van der Waals surface area contributed by atoms with E-state index in [0.717, 1.165) is 76.9 Å². The van der Waals surface area contributed by atoms with E-state index in [1.54, 1.807) is 6.08 Å². The van der Waals surface area contributed by atoms with Crippen LogP contribution in [0.5, 0.6) is 6.01 Å². The lowest BCUT2D eigenvalue weighted by Gasteiger charge is -2.16. The van der Waals surface area contributed by atoms with Crippen molar-refractivity contribution in [3.8, 4) is 17.4 Å². The Bertz CT molecular complexity index is 1990. The van der Waals surface area contributed by atoms with Gasteiger partial charge in [-0.25, -0.2) is 13.8 Å². The number of carbonyl (C=O) groups is 1. The van der Waals surface area contributed by atoms with Crippen LogP contribution in [-0.2, 0) is 11.0 Å². The first-order valence-corrected chi connectivity index (χ1v) is 17.6. The number of rotatable bonds is 6. The first-order chi connectivity index (χ1) is 25.7. The summed E-state index contributed by atoms with van der Waals surface area (Å²) in [5.41, 5.74) is 2.11. The number of carbonyl (C=O) groups excluding carboxylic acids is 1. The Morgan fingerprint density at radius 3 is 2.46 bits per heavy atom. The van der Waals surface area contributed by atoms with Crippen LogP contribution in [0.3, 0.4) is 0 Å². The van der Waals surface area contributed by atoms with Crippen molar-refractivity contribution in [3.63, 3.8) is 0 Å². The van der Waals surface area contributed by atoms with Crippen LogP contribution in [0.2, 0.25) is 0 Å². The molecule has 2 unspecified atom stereocenters. The molecule has 3 saturated heterocycles. The molecular formula is C35H40F6N10O3. The number of ether oxygens (including phenoxy) is 1. The summed E-state index contributed by atoms with van der Waals surface area (Å²) in [6.07, 6.45) is 6.57. The molecule has 2 atom stereocenters. The lowest BCUT2D eigenvalue weighted by Crippen LogP contribution is -2.25. The number of alkyl halides is 4. The number of methoxy groups -OCH3 is 1. The minimum absolute atomic E-state index is 0.0358. The highest BCUT2D eigenvalue weighted by molar-refractivity contribution is 5.92. The number of aromatic nitrogens is 6. The Labute approximate surface area is 306 Å². The summed E-state index contributed by atoms with van der Waals surface area (Å²) in [7, 11) is 2.17. The lowest BCUT2D eigenvalue weighted by atomic mass is 10.0. The van der Waals surface area contributed by atoms with Crippen LogP contribution in [0.1, 0.15) is 73.7 Å². The van der Waals surface area contributed by atoms with E-state index in [1.807, 2.05) is 4.90 Å². The number of halogens is 6. The van der Waals surface area contributed by atoms with Crippen LogP contribution >= 0.6 is 0 Å². The maximum Gasteiger partial charge on any atom is 0.418 e. The van der Waals surface area contributed by atoms with E-state index in [9.17, 15) is 26.8 Å². The minimum Gasteiger partial charge on any atom is -0.467 e. The molecule has 19 heteroatoms.